The first kappa shape index (κ1) is 25.4. The number of aromatic nitrogens is 1. The SMILES string of the molecule is CC1(C)CN(CC(=O)Nc2ccn(CCC(F)CN(N)/C=C(\N)C=O)c(=O)c2F)CCO1. The highest BCUT2D eigenvalue weighted by atomic mass is 19.1. The molecule has 1 fully saturated rings. The Bertz CT molecular complexity index is 905. The van der Waals surface area contributed by atoms with Crippen LogP contribution in [0.25, 0.3) is 0 Å². The number of carbonyl (C=O) groups excluding carboxylic acids is 2. The molecule has 0 spiro atoms. The quantitative estimate of drug-likeness (QED) is 0.193. The minimum atomic E-state index is -1.46. The van der Waals surface area contributed by atoms with E-state index in [4.69, 9.17) is 16.3 Å². The third-order valence-electron chi connectivity index (χ3n) is 4.80. The Kier molecular flexibility index (Phi) is 8.87. The Morgan fingerprint density at radius 1 is 1.47 bits per heavy atom. The largest absolute Gasteiger partial charge is 0.395 e. The van der Waals surface area contributed by atoms with Crippen molar-refractivity contribution in [3.63, 3.8) is 0 Å². The van der Waals surface area contributed by atoms with Gasteiger partial charge in [-0.25, -0.2) is 10.2 Å². The van der Waals surface area contributed by atoms with Gasteiger partial charge in [0, 0.05) is 32.0 Å². The Morgan fingerprint density at radius 2 is 2.19 bits per heavy atom. The molecule has 0 aromatic carbocycles. The zero-order valence-electron chi connectivity index (χ0n) is 18.2. The maximum atomic E-state index is 14.5. The molecule has 1 amide bonds. The molecule has 1 aliphatic heterocycles. The van der Waals surface area contributed by atoms with E-state index in [-0.39, 0.29) is 43.0 Å². The number of pyridine rings is 1. The number of morpholine rings is 1. The van der Waals surface area contributed by atoms with Crippen molar-refractivity contribution in [3.05, 3.63) is 40.3 Å². The van der Waals surface area contributed by atoms with Gasteiger partial charge in [-0.2, -0.15) is 4.39 Å². The van der Waals surface area contributed by atoms with Crippen LogP contribution >= 0.6 is 0 Å². The number of hydrogen-bond donors (Lipinski definition) is 3. The maximum absolute atomic E-state index is 14.5. The zero-order valence-corrected chi connectivity index (χ0v) is 18.2. The molecular weight excluding hydrogens is 426 g/mol. The van der Waals surface area contributed by atoms with E-state index in [1.165, 1.54) is 12.3 Å². The topological polar surface area (TPSA) is 136 Å². The summed E-state index contributed by atoms with van der Waals surface area (Å²) >= 11 is 0. The molecular formula is C20H30F2N6O4. The minimum Gasteiger partial charge on any atom is -0.395 e. The Morgan fingerprint density at radius 3 is 2.84 bits per heavy atom. The molecule has 1 aromatic heterocycles. The second-order valence-corrected chi connectivity index (χ2v) is 8.24. The van der Waals surface area contributed by atoms with Crippen LogP contribution in [0, 0.1) is 5.82 Å². The van der Waals surface area contributed by atoms with Crippen molar-refractivity contribution in [2.45, 2.75) is 38.6 Å². The smallest absolute Gasteiger partial charge is 0.288 e. The van der Waals surface area contributed by atoms with Gasteiger partial charge in [0.25, 0.3) is 5.56 Å². The summed E-state index contributed by atoms with van der Waals surface area (Å²) in [5, 5.41) is 3.34. The summed E-state index contributed by atoms with van der Waals surface area (Å²) in [6, 6.07) is 1.26. The van der Waals surface area contributed by atoms with Gasteiger partial charge in [-0.1, -0.05) is 0 Å². The third-order valence-corrected chi connectivity index (χ3v) is 4.80. The molecule has 1 saturated heterocycles. The lowest BCUT2D eigenvalue weighted by molar-refractivity contribution is -0.122. The monoisotopic (exact) mass is 456 g/mol. The van der Waals surface area contributed by atoms with E-state index >= 15 is 0 Å². The number of amides is 1. The van der Waals surface area contributed by atoms with Crippen LogP contribution in [0.1, 0.15) is 20.3 Å². The number of hydrazine groups is 1. The summed E-state index contributed by atoms with van der Waals surface area (Å²) in [6.07, 6.45) is 1.16. The summed E-state index contributed by atoms with van der Waals surface area (Å²) in [5.74, 6) is 3.95. The van der Waals surface area contributed by atoms with Crippen molar-refractivity contribution in [3.8, 4) is 0 Å². The number of alkyl halides is 1. The first-order chi connectivity index (χ1) is 15.0. The number of rotatable bonds is 10. The first-order valence-electron chi connectivity index (χ1n) is 10.1. The maximum Gasteiger partial charge on any atom is 0.288 e. The molecule has 178 valence electrons. The summed E-state index contributed by atoms with van der Waals surface area (Å²) in [6.45, 7) is 5.12. The van der Waals surface area contributed by atoms with Crippen molar-refractivity contribution >= 4 is 17.9 Å². The normalized spacial score (nSPS) is 17.6. The van der Waals surface area contributed by atoms with Crippen molar-refractivity contribution < 1.29 is 23.1 Å². The number of allylic oxidation sites excluding steroid dienone is 1. The Hall–Kier alpha value is -2.83. The van der Waals surface area contributed by atoms with Crippen molar-refractivity contribution in [2.24, 2.45) is 11.6 Å². The van der Waals surface area contributed by atoms with Crippen LogP contribution in [0.5, 0.6) is 0 Å². The van der Waals surface area contributed by atoms with Crippen molar-refractivity contribution in [2.75, 3.05) is 38.1 Å². The highest BCUT2D eigenvalue weighted by molar-refractivity contribution is 5.92. The fourth-order valence-corrected chi connectivity index (χ4v) is 3.34. The highest BCUT2D eigenvalue weighted by Gasteiger charge is 2.28. The molecule has 0 radical (unpaired) electrons. The standard InChI is InChI=1S/C20H30F2N6O4/c1-20(2)13-26(7-8-32-20)11-17(30)25-16-4-6-27(19(31)18(16)22)5-3-14(21)9-28(24)10-15(23)12-29/h4,6,10,12,14H,3,5,7-9,11,13,23-24H2,1-2H3,(H,25,30)/b15-10-. The van der Waals surface area contributed by atoms with Gasteiger partial charge in [0.2, 0.25) is 11.7 Å². The molecule has 1 aliphatic rings. The molecule has 2 heterocycles. The lowest BCUT2D eigenvalue weighted by atomic mass is 10.1. The van der Waals surface area contributed by atoms with Crippen LogP contribution in [0.3, 0.4) is 0 Å². The van der Waals surface area contributed by atoms with Crippen molar-refractivity contribution in [1.29, 1.82) is 0 Å². The number of nitrogens with one attached hydrogen (secondary N) is 1. The van der Waals surface area contributed by atoms with Gasteiger partial charge >= 0.3 is 0 Å². The summed E-state index contributed by atoms with van der Waals surface area (Å²) in [5.41, 5.74) is 3.54. The number of aldehydes is 1. The first-order valence-corrected chi connectivity index (χ1v) is 10.1. The zero-order chi connectivity index (χ0) is 23.9. The summed E-state index contributed by atoms with van der Waals surface area (Å²) in [7, 11) is 0. The Labute approximate surface area is 184 Å². The Balaban J connectivity index is 1.91. The number of nitrogens with zero attached hydrogens (tertiary/aromatic N) is 3. The van der Waals surface area contributed by atoms with E-state index in [0.29, 0.717) is 26.0 Å². The van der Waals surface area contributed by atoms with E-state index in [1.54, 1.807) is 0 Å². The molecule has 2 rings (SSSR count). The molecule has 0 saturated carbocycles. The third kappa shape index (κ3) is 7.70. The highest BCUT2D eigenvalue weighted by Crippen LogP contribution is 2.16. The average molecular weight is 456 g/mol. The second-order valence-electron chi connectivity index (χ2n) is 8.24. The lowest BCUT2D eigenvalue weighted by Crippen LogP contribution is -2.50. The van der Waals surface area contributed by atoms with Crippen LogP contribution in [-0.4, -0.2) is 71.2 Å². The minimum absolute atomic E-state index is 0.0392. The van der Waals surface area contributed by atoms with Gasteiger partial charge in [0.15, 0.2) is 6.29 Å². The van der Waals surface area contributed by atoms with E-state index in [1.807, 2.05) is 18.7 Å². The molecule has 1 atom stereocenters. The molecule has 10 nitrogen and oxygen atoms in total. The molecule has 0 bridgehead atoms. The van der Waals surface area contributed by atoms with E-state index in [2.05, 4.69) is 5.32 Å². The summed E-state index contributed by atoms with van der Waals surface area (Å²) < 4.78 is 35.2. The van der Waals surface area contributed by atoms with E-state index in [0.717, 1.165) is 15.8 Å². The molecule has 32 heavy (non-hydrogen) atoms. The fraction of sp³-hybridized carbons (Fsp3) is 0.550. The lowest BCUT2D eigenvalue weighted by Gasteiger charge is -2.37. The number of nitrogens with two attached hydrogens (primary N) is 2. The molecule has 1 aromatic rings. The fourth-order valence-electron chi connectivity index (χ4n) is 3.34. The number of halogens is 2. The summed E-state index contributed by atoms with van der Waals surface area (Å²) in [4.78, 5) is 36.9. The second kappa shape index (κ2) is 11.2. The van der Waals surface area contributed by atoms with E-state index < -0.39 is 23.5 Å². The average Bonchev–Trinajstić information content (AvgIpc) is 2.69. The molecule has 0 aliphatic carbocycles. The predicted octanol–water partition coefficient (Wildman–Crippen LogP) is -0.0604. The molecule has 12 heteroatoms. The number of ether oxygens (including phenoxy) is 1. The molecule has 5 N–H and O–H groups in total. The number of aryl methyl sites for hydroxylation is 1. The number of anilines is 1. The van der Waals surface area contributed by atoms with Crippen LogP contribution < -0.4 is 22.5 Å². The van der Waals surface area contributed by atoms with Gasteiger partial charge in [-0.15, -0.1) is 0 Å². The van der Waals surface area contributed by atoms with Gasteiger partial charge in [0.1, 0.15) is 6.17 Å². The van der Waals surface area contributed by atoms with Crippen LogP contribution in [0.4, 0.5) is 14.5 Å². The van der Waals surface area contributed by atoms with Gasteiger partial charge in [0.05, 0.1) is 36.7 Å². The number of carbonyl (C=O) groups is 2. The van der Waals surface area contributed by atoms with Crippen LogP contribution in [0.2, 0.25) is 0 Å². The van der Waals surface area contributed by atoms with Crippen LogP contribution in [0.15, 0.2) is 29.0 Å². The van der Waals surface area contributed by atoms with Gasteiger partial charge in [-0.05, 0) is 26.3 Å². The van der Waals surface area contributed by atoms with Crippen molar-refractivity contribution in [1.82, 2.24) is 14.5 Å². The van der Waals surface area contributed by atoms with Gasteiger partial charge < -0.3 is 25.4 Å². The van der Waals surface area contributed by atoms with Gasteiger partial charge in [-0.3, -0.25) is 19.3 Å². The number of hydrogen-bond acceptors (Lipinski definition) is 8. The predicted molar refractivity (Wildman–Crippen MR) is 115 cm³/mol. The van der Waals surface area contributed by atoms with Crippen LogP contribution in [-0.2, 0) is 20.9 Å². The van der Waals surface area contributed by atoms with E-state index in [9.17, 15) is 23.2 Å². The molecule has 1 unspecified atom stereocenters.